The van der Waals surface area contributed by atoms with Crippen LogP contribution in [0.25, 0.3) is 5.52 Å². The average molecular weight is 275 g/mol. The van der Waals surface area contributed by atoms with Gasteiger partial charge in [0.1, 0.15) is 6.33 Å². The van der Waals surface area contributed by atoms with Crippen LogP contribution in [0.15, 0.2) is 34.4 Å². The van der Waals surface area contributed by atoms with Crippen molar-refractivity contribution >= 4 is 5.52 Å². The number of fused-ring (bicyclic) bond motifs is 1. The summed E-state index contributed by atoms with van der Waals surface area (Å²) in [7, 11) is 0. The summed E-state index contributed by atoms with van der Waals surface area (Å²) in [6.45, 7) is 1.97. The fraction of sp³-hybridized carbons (Fsp3) is 0.167. The van der Waals surface area contributed by atoms with Crippen LogP contribution in [0.1, 0.15) is 11.3 Å². The summed E-state index contributed by atoms with van der Waals surface area (Å²) in [5, 5.41) is 4.04. The second-order valence-electron chi connectivity index (χ2n) is 4.39. The molecule has 0 bridgehead atoms. The predicted octanol–water partition coefficient (Wildman–Crippen LogP) is 0.0751. The van der Waals surface area contributed by atoms with E-state index in [1.807, 2.05) is 18.0 Å². The maximum Gasteiger partial charge on any atom is 0.328 e. The van der Waals surface area contributed by atoms with Crippen molar-refractivity contribution in [1.29, 1.82) is 0 Å². The van der Waals surface area contributed by atoms with E-state index in [0.29, 0.717) is 0 Å². The third kappa shape index (κ3) is 2.00. The highest BCUT2D eigenvalue weighted by Crippen LogP contribution is 2.11. The zero-order valence-corrected chi connectivity index (χ0v) is 10.5. The van der Waals surface area contributed by atoms with E-state index in [2.05, 4.69) is 10.1 Å². The van der Waals surface area contributed by atoms with Crippen molar-refractivity contribution in [2.24, 2.45) is 0 Å². The van der Waals surface area contributed by atoms with Crippen molar-refractivity contribution in [3.05, 3.63) is 62.7 Å². The summed E-state index contributed by atoms with van der Waals surface area (Å²) in [5.41, 5.74) is 0.679. The smallest absolute Gasteiger partial charge is 0.293 e. The Morgan fingerprint density at radius 3 is 2.90 bits per heavy atom. The fourth-order valence-electron chi connectivity index (χ4n) is 1.99. The van der Waals surface area contributed by atoms with E-state index in [9.17, 15) is 14.0 Å². The topological polar surface area (TPSA) is 85.1 Å². The molecule has 3 rings (SSSR count). The molecule has 0 aliphatic heterocycles. The molecule has 20 heavy (non-hydrogen) atoms. The molecule has 0 amide bonds. The van der Waals surface area contributed by atoms with Crippen molar-refractivity contribution in [2.75, 3.05) is 0 Å². The van der Waals surface area contributed by atoms with Crippen LogP contribution in [0.5, 0.6) is 0 Å². The Balaban J connectivity index is 2.05. The predicted molar refractivity (Wildman–Crippen MR) is 68.1 cm³/mol. The number of H-pyrrole nitrogens is 1. The first kappa shape index (κ1) is 12.3. The van der Waals surface area contributed by atoms with Gasteiger partial charge in [0.05, 0.1) is 24.0 Å². The van der Waals surface area contributed by atoms with Crippen LogP contribution < -0.4 is 11.2 Å². The van der Waals surface area contributed by atoms with Crippen molar-refractivity contribution in [2.45, 2.75) is 13.5 Å². The Hall–Kier alpha value is -2.77. The molecule has 0 radical (unpaired) electrons. The Morgan fingerprint density at radius 1 is 1.35 bits per heavy atom. The highest BCUT2D eigenvalue weighted by molar-refractivity contribution is 5.52. The lowest BCUT2D eigenvalue weighted by atomic mass is 10.3. The lowest BCUT2D eigenvalue weighted by molar-refractivity contribution is 0.566. The van der Waals surface area contributed by atoms with E-state index in [4.69, 9.17) is 0 Å². The van der Waals surface area contributed by atoms with Crippen LogP contribution >= 0.6 is 0 Å². The maximum absolute atomic E-state index is 13.2. The number of aromatic nitrogens is 5. The molecule has 0 aromatic carbocycles. The van der Waals surface area contributed by atoms with Crippen LogP contribution in [0.3, 0.4) is 0 Å². The molecule has 1 N–H and O–H groups in total. The van der Waals surface area contributed by atoms with Crippen LogP contribution in [0.2, 0.25) is 0 Å². The van der Waals surface area contributed by atoms with Gasteiger partial charge in [-0.05, 0) is 18.6 Å². The monoisotopic (exact) mass is 275 g/mol. The quantitative estimate of drug-likeness (QED) is 0.717. The lowest BCUT2D eigenvalue weighted by Gasteiger charge is -2.02. The van der Waals surface area contributed by atoms with Gasteiger partial charge >= 0.3 is 5.69 Å². The Labute approximate surface area is 111 Å². The van der Waals surface area contributed by atoms with Crippen LogP contribution in [0, 0.1) is 12.7 Å². The Bertz CT molecular complexity index is 908. The van der Waals surface area contributed by atoms with Gasteiger partial charge in [-0.3, -0.25) is 14.3 Å². The van der Waals surface area contributed by atoms with Crippen LogP contribution in [-0.4, -0.2) is 24.1 Å². The number of hydrogen-bond acceptors (Lipinski definition) is 4. The lowest BCUT2D eigenvalue weighted by Crippen LogP contribution is -2.31. The van der Waals surface area contributed by atoms with Gasteiger partial charge < -0.3 is 0 Å². The summed E-state index contributed by atoms with van der Waals surface area (Å²) in [6.07, 6.45) is 4.04. The number of aryl methyl sites for hydroxylation is 1. The summed E-state index contributed by atoms with van der Waals surface area (Å²) in [6, 6.07) is 1.81. The molecular weight excluding hydrogens is 265 g/mol. The summed E-state index contributed by atoms with van der Waals surface area (Å²) < 4.78 is 15.9. The molecule has 0 saturated heterocycles. The molecular formula is C12H10FN5O2. The second kappa shape index (κ2) is 4.41. The minimum atomic E-state index is -1.02. The molecule has 102 valence electrons. The minimum Gasteiger partial charge on any atom is -0.293 e. The first-order chi connectivity index (χ1) is 9.54. The maximum atomic E-state index is 13.2. The van der Waals surface area contributed by atoms with Crippen LogP contribution in [-0.2, 0) is 6.54 Å². The highest BCUT2D eigenvalue weighted by Gasteiger charge is 2.07. The molecule has 7 nitrogen and oxygen atoms in total. The molecule has 0 fully saturated rings. The van der Waals surface area contributed by atoms with E-state index in [0.717, 1.165) is 27.5 Å². The van der Waals surface area contributed by atoms with E-state index < -0.39 is 17.1 Å². The standard InChI is InChI=1S/C12H10FN5O2/c1-7-10-2-8(4-18(10)15-6-14-7)3-17-5-9(13)11(19)16-12(17)20/h2,4-6H,3H2,1H3,(H,16,19,20). The Kier molecular flexibility index (Phi) is 2.70. The molecule has 0 spiro atoms. The SMILES string of the molecule is Cc1ncnn2cc(Cn3cc(F)c(=O)[nH]c3=O)cc12. The van der Waals surface area contributed by atoms with Gasteiger partial charge in [0.2, 0.25) is 5.82 Å². The van der Waals surface area contributed by atoms with Gasteiger partial charge in [-0.15, -0.1) is 0 Å². The number of halogens is 1. The van der Waals surface area contributed by atoms with Crippen LogP contribution in [0.4, 0.5) is 4.39 Å². The van der Waals surface area contributed by atoms with Gasteiger partial charge in [-0.1, -0.05) is 0 Å². The molecule has 3 heterocycles. The van der Waals surface area contributed by atoms with Crippen molar-refractivity contribution in [1.82, 2.24) is 24.1 Å². The summed E-state index contributed by atoms with van der Waals surface area (Å²) >= 11 is 0. The molecule has 0 aliphatic carbocycles. The van der Waals surface area contributed by atoms with Crippen molar-refractivity contribution in [3.8, 4) is 0 Å². The zero-order chi connectivity index (χ0) is 14.3. The van der Waals surface area contributed by atoms with Crippen molar-refractivity contribution in [3.63, 3.8) is 0 Å². The number of nitrogens with zero attached hydrogens (tertiary/aromatic N) is 4. The number of nitrogens with one attached hydrogen (secondary N) is 1. The van der Waals surface area contributed by atoms with E-state index >= 15 is 0 Å². The van der Waals surface area contributed by atoms with E-state index in [1.165, 1.54) is 6.33 Å². The molecule has 3 aromatic heterocycles. The average Bonchev–Trinajstić information content (AvgIpc) is 2.80. The van der Waals surface area contributed by atoms with Crippen molar-refractivity contribution < 1.29 is 4.39 Å². The fourth-order valence-corrected chi connectivity index (χ4v) is 1.99. The molecule has 3 aromatic rings. The van der Waals surface area contributed by atoms with E-state index in [-0.39, 0.29) is 6.54 Å². The third-order valence-corrected chi connectivity index (χ3v) is 2.98. The molecule has 8 heteroatoms. The van der Waals surface area contributed by atoms with Gasteiger partial charge in [0, 0.05) is 6.20 Å². The second-order valence-corrected chi connectivity index (χ2v) is 4.39. The van der Waals surface area contributed by atoms with Gasteiger partial charge in [-0.2, -0.15) is 9.49 Å². The zero-order valence-electron chi connectivity index (χ0n) is 10.5. The van der Waals surface area contributed by atoms with E-state index in [1.54, 1.807) is 10.7 Å². The molecule has 0 aliphatic rings. The van der Waals surface area contributed by atoms with Gasteiger partial charge in [0.25, 0.3) is 5.56 Å². The largest absolute Gasteiger partial charge is 0.328 e. The van der Waals surface area contributed by atoms with Gasteiger partial charge in [0.15, 0.2) is 0 Å². The minimum absolute atomic E-state index is 0.134. The first-order valence-corrected chi connectivity index (χ1v) is 5.83. The third-order valence-electron chi connectivity index (χ3n) is 2.98. The highest BCUT2D eigenvalue weighted by atomic mass is 19.1. The number of rotatable bonds is 2. The molecule has 0 atom stereocenters. The Morgan fingerprint density at radius 2 is 2.15 bits per heavy atom. The van der Waals surface area contributed by atoms with Gasteiger partial charge in [-0.25, -0.2) is 14.3 Å². The first-order valence-electron chi connectivity index (χ1n) is 5.83. The summed E-state index contributed by atoms with van der Waals surface area (Å²) in [5.74, 6) is -0.996. The normalized spacial score (nSPS) is 11.1. The number of hydrogen-bond donors (Lipinski definition) is 1. The summed E-state index contributed by atoms with van der Waals surface area (Å²) in [4.78, 5) is 28.5. The molecule has 0 saturated carbocycles. The number of aromatic amines is 1. The molecule has 0 unspecified atom stereocenters.